The van der Waals surface area contributed by atoms with Crippen molar-refractivity contribution in [2.24, 2.45) is 0 Å². The number of H-pyrrole nitrogens is 1. The number of hydrogen-bond acceptors (Lipinski definition) is 7. The number of fused-ring (bicyclic) bond motifs is 1. The van der Waals surface area contributed by atoms with Crippen LogP contribution >= 0.6 is 0 Å². The van der Waals surface area contributed by atoms with Crippen molar-refractivity contribution in [3.63, 3.8) is 0 Å². The summed E-state index contributed by atoms with van der Waals surface area (Å²) in [5, 5.41) is 1.06. The quantitative estimate of drug-likeness (QED) is 0.775. The second-order valence-corrected chi connectivity index (χ2v) is 5.33. The number of aromatic amines is 1. The van der Waals surface area contributed by atoms with Crippen molar-refractivity contribution in [2.45, 2.75) is 0 Å². The van der Waals surface area contributed by atoms with Gasteiger partial charge >= 0.3 is 0 Å². The van der Waals surface area contributed by atoms with Crippen LogP contribution in [0, 0.1) is 0 Å². The molecule has 0 aliphatic carbocycles. The van der Waals surface area contributed by atoms with E-state index in [9.17, 15) is 0 Å². The van der Waals surface area contributed by atoms with E-state index in [1.807, 2.05) is 18.3 Å². The van der Waals surface area contributed by atoms with Gasteiger partial charge in [-0.3, -0.25) is 0 Å². The summed E-state index contributed by atoms with van der Waals surface area (Å²) in [7, 11) is 1.61. The molecule has 3 aromatic rings. The van der Waals surface area contributed by atoms with E-state index in [2.05, 4.69) is 34.7 Å². The highest BCUT2D eigenvalue weighted by Crippen LogP contribution is 2.24. The zero-order valence-electron chi connectivity index (χ0n) is 12.8. The number of aromatic nitrogens is 5. The molecular formula is C15H17N7O. The van der Waals surface area contributed by atoms with Crippen molar-refractivity contribution in [1.29, 1.82) is 0 Å². The molecule has 1 fully saturated rings. The molecule has 23 heavy (non-hydrogen) atoms. The molecular weight excluding hydrogens is 294 g/mol. The SMILES string of the molecule is COc1cc(N2CCN(c3ncnc4[nH]ccc34)CC2)ncn1. The molecule has 8 heteroatoms. The third-order valence-corrected chi connectivity index (χ3v) is 4.07. The first-order chi connectivity index (χ1) is 11.3. The number of nitrogens with zero attached hydrogens (tertiary/aromatic N) is 6. The van der Waals surface area contributed by atoms with Gasteiger partial charge in [-0.15, -0.1) is 0 Å². The number of nitrogens with one attached hydrogen (secondary N) is 1. The minimum atomic E-state index is 0.585. The summed E-state index contributed by atoms with van der Waals surface area (Å²) in [6.07, 6.45) is 5.04. The lowest BCUT2D eigenvalue weighted by atomic mass is 10.2. The van der Waals surface area contributed by atoms with E-state index in [1.54, 1.807) is 13.4 Å². The molecule has 0 amide bonds. The van der Waals surface area contributed by atoms with Crippen molar-refractivity contribution in [3.05, 3.63) is 31.0 Å². The van der Waals surface area contributed by atoms with E-state index < -0.39 is 0 Å². The molecule has 0 aromatic carbocycles. The minimum Gasteiger partial charge on any atom is -0.481 e. The molecule has 0 spiro atoms. The Kier molecular flexibility index (Phi) is 3.41. The number of ether oxygens (including phenoxy) is 1. The van der Waals surface area contributed by atoms with Crippen LogP contribution in [0.4, 0.5) is 11.6 Å². The highest BCUT2D eigenvalue weighted by atomic mass is 16.5. The Hall–Kier alpha value is -2.90. The van der Waals surface area contributed by atoms with Gasteiger partial charge in [-0.05, 0) is 6.07 Å². The lowest BCUT2D eigenvalue weighted by Crippen LogP contribution is -2.47. The molecule has 4 rings (SSSR count). The van der Waals surface area contributed by atoms with Gasteiger partial charge in [-0.2, -0.15) is 0 Å². The maximum Gasteiger partial charge on any atom is 0.218 e. The Morgan fingerprint density at radius 3 is 2.61 bits per heavy atom. The summed E-state index contributed by atoms with van der Waals surface area (Å²) < 4.78 is 5.17. The summed E-state index contributed by atoms with van der Waals surface area (Å²) in [6, 6.07) is 3.89. The predicted octanol–water partition coefficient (Wildman–Crippen LogP) is 1.08. The van der Waals surface area contributed by atoms with Gasteiger partial charge in [0.15, 0.2) is 0 Å². The Morgan fingerprint density at radius 1 is 1.00 bits per heavy atom. The van der Waals surface area contributed by atoms with Crippen LogP contribution in [0.5, 0.6) is 5.88 Å². The van der Waals surface area contributed by atoms with Crippen LogP contribution in [0.25, 0.3) is 11.0 Å². The van der Waals surface area contributed by atoms with Gasteiger partial charge in [0.25, 0.3) is 0 Å². The van der Waals surface area contributed by atoms with E-state index in [1.165, 1.54) is 6.33 Å². The highest BCUT2D eigenvalue weighted by molar-refractivity contribution is 5.87. The van der Waals surface area contributed by atoms with Gasteiger partial charge in [0.1, 0.15) is 29.9 Å². The lowest BCUT2D eigenvalue weighted by molar-refractivity contribution is 0.396. The average Bonchev–Trinajstić information content (AvgIpc) is 3.11. The smallest absolute Gasteiger partial charge is 0.218 e. The first-order valence-corrected chi connectivity index (χ1v) is 7.49. The Balaban J connectivity index is 1.51. The molecule has 118 valence electrons. The second kappa shape index (κ2) is 5.71. The molecule has 3 aromatic heterocycles. The summed E-state index contributed by atoms with van der Waals surface area (Å²) in [4.78, 5) is 24.7. The molecule has 1 aliphatic rings. The molecule has 1 N–H and O–H groups in total. The van der Waals surface area contributed by atoms with Crippen LogP contribution in [-0.4, -0.2) is 58.2 Å². The predicted molar refractivity (Wildman–Crippen MR) is 86.9 cm³/mol. The zero-order valence-corrected chi connectivity index (χ0v) is 12.8. The molecule has 8 nitrogen and oxygen atoms in total. The fourth-order valence-electron chi connectivity index (χ4n) is 2.87. The van der Waals surface area contributed by atoms with E-state index in [-0.39, 0.29) is 0 Å². The molecule has 4 heterocycles. The van der Waals surface area contributed by atoms with E-state index in [4.69, 9.17) is 4.74 Å². The summed E-state index contributed by atoms with van der Waals surface area (Å²) in [6.45, 7) is 3.50. The van der Waals surface area contributed by atoms with Gasteiger partial charge < -0.3 is 19.5 Å². The normalized spacial score (nSPS) is 15.2. The Labute approximate surface area is 133 Å². The first-order valence-electron chi connectivity index (χ1n) is 7.49. The Morgan fingerprint density at radius 2 is 1.78 bits per heavy atom. The topological polar surface area (TPSA) is 83.1 Å². The highest BCUT2D eigenvalue weighted by Gasteiger charge is 2.21. The molecule has 1 aliphatic heterocycles. The van der Waals surface area contributed by atoms with E-state index in [0.717, 1.165) is 48.8 Å². The van der Waals surface area contributed by atoms with Gasteiger partial charge in [0, 0.05) is 38.4 Å². The van der Waals surface area contributed by atoms with Gasteiger partial charge in [0.2, 0.25) is 5.88 Å². The van der Waals surface area contributed by atoms with Crippen molar-refractivity contribution in [1.82, 2.24) is 24.9 Å². The summed E-state index contributed by atoms with van der Waals surface area (Å²) in [5.41, 5.74) is 0.873. The second-order valence-electron chi connectivity index (χ2n) is 5.33. The lowest BCUT2D eigenvalue weighted by Gasteiger charge is -2.36. The standard InChI is InChI=1S/C15H17N7O/c1-23-13-8-12(17-9-18-13)21-4-6-22(7-5-21)15-11-2-3-16-14(11)19-10-20-15/h2-3,8-10H,4-7H2,1H3,(H,16,19,20). The van der Waals surface area contributed by atoms with Gasteiger partial charge in [0.05, 0.1) is 12.5 Å². The van der Waals surface area contributed by atoms with Gasteiger partial charge in [-0.1, -0.05) is 0 Å². The van der Waals surface area contributed by atoms with E-state index in [0.29, 0.717) is 5.88 Å². The number of methoxy groups -OCH3 is 1. The largest absolute Gasteiger partial charge is 0.481 e. The zero-order chi connectivity index (χ0) is 15.6. The molecule has 1 saturated heterocycles. The Bertz CT molecular complexity index is 810. The average molecular weight is 311 g/mol. The van der Waals surface area contributed by atoms with Crippen LogP contribution in [0.1, 0.15) is 0 Å². The third kappa shape index (κ3) is 2.52. The number of rotatable bonds is 3. The maximum atomic E-state index is 5.17. The van der Waals surface area contributed by atoms with E-state index >= 15 is 0 Å². The summed E-state index contributed by atoms with van der Waals surface area (Å²) in [5.74, 6) is 2.46. The van der Waals surface area contributed by atoms with Crippen LogP contribution in [0.2, 0.25) is 0 Å². The molecule has 0 saturated carbocycles. The summed E-state index contributed by atoms with van der Waals surface area (Å²) >= 11 is 0. The molecule has 0 unspecified atom stereocenters. The number of anilines is 2. The van der Waals surface area contributed by atoms with Crippen molar-refractivity contribution < 1.29 is 4.74 Å². The van der Waals surface area contributed by atoms with Crippen LogP contribution < -0.4 is 14.5 Å². The number of hydrogen-bond donors (Lipinski definition) is 1. The molecule has 0 bridgehead atoms. The maximum absolute atomic E-state index is 5.17. The number of piperazine rings is 1. The minimum absolute atomic E-state index is 0.585. The fourth-order valence-corrected chi connectivity index (χ4v) is 2.87. The van der Waals surface area contributed by atoms with Crippen molar-refractivity contribution in [2.75, 3.05) is 43.1 Å². The van der Waals surface area contributed by atoms with Crippen molar-refractivity contribution in [3.8, 4) is 5.88 Å². The van der Waals surface area contributed by atoms with Crippen LogP contribution in [-0.2, 0) is 0 Å². The van der Waals surface area contributed by atoms with Crippen LogP contribution in [0.15, 0.2) is 31.0 Å². The molecule has 0 atom stereocenters. The fraction of sp³-hybridized carbons (Fsp3) is 0.333. The first kappa shape index (κ1) is 13.7. The van der Waals surface area contributed by atoms with Crippen molar-refractivity contribution >= 4 is 22.7 Å². The molecule has 0 radical (unpaired) electrons. The van der Waals surface area contributed by atoms with Gasteiger partial charge in [-0.25, -0.2) is 19.9 Å². The monoisotopic (exact) mass is 311 g/mol. The third-order valence-electron chi connectivity index (χ3n) is 4.07. The van der Waals surface area contributed by atoms with Crippen LogP contribution in [0.3, 0.4) is 0 Å².